The number of halogens is 3. The molecule has 1 aromatic carbocycles. The van der Waals surface area contributed by atoms with Gasteiger partial charge in [-0.3, -0.25) is 0 Å². The fraction of sp³-hybridized carbons (Fsp3) is 0.806. The Morgan fingerprint density at radius 3 is 1.88 bits per heavy atom. The van der Waals surface area contributed by atoms with Crippen LogP contribution in [-0.2, 0) is 0 Å². The van der Waals surface area contributed by atoms with Crippen LogP contribution in [0.3, 0.4) is 0 Å². The molecule has 3 aliphatic rings. The number of unbranched alkanes of at least 4 members (excludes halogenated alkanes) is 4. The first kappa shape index (κ1) is 26.1. The number of rotatable bonds is 10. The monoisotopic (exact) mass is 476 g/mol. The van der Waals surface area contributed by atoms with Crippen LogP contribution in [0.15, 0.2) is 12.1 Å². The van der Waals surface area contributed by atoms with Gasteiger partial charge in [0.25, 0.3) is 0 Å². The molecule has 0 spiro atoms. The summed E-state index contributed by atoms with van der Waals surface area (Å²) in [6, 6.07) is 2.46. The van der Waals surface area contributed by atoms with E-state index in [2.05, 4.69) is 6.92 Å². The highest BCUT2D eigenvalue weighted by Crippen LogP contribution is 2.49. The van der Waals surface area contributed by atoms with E-state index in [-0.39, 0.29) is 5.92 Å². The molecule has 192 valence electrons. The second-order valence-electron chi connectivity index (χ2n) is 12.2. The van der Waals surface area contributed by atoms with Crippen LogP contribution in [0.1, 0.15) is 134 Å². The van der Waals surface area contributed by atoms with Gasteiger partial charge in [-0.05, 0) is 85.3 Å². The van der Waals surface area contributed by atoms with E-state index in [1.807, 2.05) is 0 Å². The van der Waals surface area contributed by atoms with E-state index in [0.29, 0.717) is 11.5 Å². The van der Waals surface area contributed by atoms with Crippen molar-refractivity contribution in [2.45, 2.75) is 128 Å². The zero-order chi connectivity index (χ0) is 23.9. The molecule has 0 aliphatic heterocycles. The molecule has 0 heterocycles. The van der Waals surface area contributed by atoms with Crippen LogP contribution < -0.4 is 0 Å². The fourth-order valence-electron chi connectivity index (χ4n) is 7.68. The van der Waals surface area contributed by atoms with Crippen molar-refractivity contribution in [1.29, 1.82) is 0 Å². The van der Waals surface area contributed by atoms with Crippen molar-refractivity contribution in [3.05, 3.63) is 35.1 Å². The summed E-state index contributed by atoms with van der Waals surface area (Å²) in [4.78, 5) is 0. The summed E-state index contributed by atoms with van der Waals surface area (Å²) in [6.45, 7) is 2.29. The molecule has 34 heavy (non-hydrogen) atoms. The predicted octanol–water partition coefficient (Wildman–Crippen LogP) is 10.4. The molecule has 4 unspecified atom stereocenters. The third-order valence-corrected chi connectivity index (χ3v) is 9.86. The van der Waals surface area contributed by atoms with Crippen LogP contribution >= 0.6 is 0 Å². The first-order chi connectivity index (χ1) is 16.5. The van der Waals surface area contributed by atoms with Crippen LogP contribution in [0.5, 0.6) is 0 Å². The lowest BCUT2D eigenvalue weighted by Gasteiger charge is -2.43. The number of benzene rings is 1. The Morgan fingerprint density at radius 2 is 1.18 bits per heavy atom. The van der Waals surface area contributed by atoms with Crippen LogP contribution in [0, 0.1) is 47.0 Å². The molecule has 3 fully saturated rings. The quantitative estimate of drug-likeness (QED) is 0.233. The minimum Gasteiger partial charge on any atom is -0.204 e. The molecular formula is C31H47F3. The molecule has 4 rings (SSSR count). The highest BCUT2D eigenvalue weighted by Gasteiger charge is 2.36. The van der Waals surface area contributed by atoms with Crippen molar-refractivity contribution in [3.8, 4) is 0 Å². The van der Waals surface area contributed by atoms with Gasteiger partial charge >= 0.3 is 0 Å². The molecule has 3 aliphatic carbocycles. The molecule has 1 aromatic rings. The van der Waals surface area contributed by atoms with Crippen molar-refractivity contribution in [2.75, 3.05) is 0 Å². The highest BCUT2D eigenvalue weighted by atomic mass is 19.2. The minimum atomic E-state index is -1.34. The summed E-state index contributed by atoms with van der Waals surface area (Å²) in [5.74, 6) is 1.09. The van der Waals surface area contributed by atoms with Crippen LogP contribution in [-0.4, -0.2) is 0 Å². The lowest BCUT2D eigenvalue weighted by atomic mass is 9.63. The second-order valence-corrected chi connectivity index (χ2v) is 12.2. The van der Waals surface area contributed by atoms with Crippen molar-refractivity contribution < 1.29 is 13.2 Å². The summed E-state index contributed by atoms with van der Waals surface area (Å²) < 4.78 is 40.8. The average Bonchev–Trinajstić information content (AvgIpc) is 2.86. The Labute approximate surface area is 206 Å². The normalized spacial score (nSPS) is 31.9. The van der Waals surface area contributed by atoms with E-state index >= 15 is 0 Å². The molecule has 0 aromatic heterocycles. The SMILES string of the molecule is CCCCCCCC1CCC(CCC2CCC3CC(c4cc(F)c(F)c(F)c4)CCC3C2)CC1. The summed E-state index contributed by atoms with van der Waals surface area (Å²) in [5, 5.41) is 0. The molecule has 0 nitrogen and oxygen atoms in total. The zero-order valence-electron chi connectivity index (χ0n) is 21.5. The van der Waals surface area contributed by atoms with Gasteiger partial charge in [0, 0.05) is 0 Å². The van der Waals surface area contributed by atoms with E-state index < -0.39 is 17.5 Å². The van der Waals surface area contributed by atoms with E-state index in [4.69, 9.17) is 0 Å². The molecule has 0 N–H and O–H groups in total. The Kier molecular flexibility index (Phi) is 9.83. The number of fused-ring (bicyclic) bond motifs is 1. The maximum atomic E-state index is 13.7. The van der Waals surface area contributed by atoms with Crippen LogP contribution in [0.2, 0.25) is 0 Å². The maximum Gasteiger partial charge on any atom is 0.194 e. The summed E-state index contributed by atoms with van der Waals surface area (Å²) in [6.07, 6.45) is 24.4. The zero-order valence-corrected chi connectivity index (χ0v) is 21.5. The van der Waals surface area contributed by atoms with E-state index in [0.717, 1.165) is 42.9 Å². The Balaban J connectivity index is 1.14. The van der Waals surface area contributed by atoms with E-state index in [1.54, 1.807) is 0 Å². The molecule has 4 atom stereocenters. The summed E-state index contributed by atoms with van der Waals surface area (Å²) in [5.41, 5.74) is 0.661. The van der Waals surface area contributed by atoms with Gasteiger partial charge in [0.1, 0.15) is 0 Å². The van der Waals surface area contributed by atoms with Crippen molar-refractivity contribution >= 4 is 0 Å². The molecule has 3 saturated carbocycles. The van der Waals surface area contributed by atoms with Gasteiger partial charge in [0.05, 0.1) is 0 Å². The van der Waals surface area contributed by atoms with Crippen molar-refractivity contribution in [3.63, 3.8) is 0 Å². The lowest BCUT2D eigenvalue weighted by molar-refractivity contribution is 0.108. The largest absolute Gasteiger partial charge is 0.204 e. The Morgan fingerprint density at radius 1 is 0.618 bits per heavy atom. The fourth-order valence-corrected chi connectivity index (χ4v) is 7.68. The number of hydrogen-bond acceptors (Lipinski definition) is 0. The standard InChI is InChI=1S/C31H47F3/c1-2-3-4-5-6-7-22-8-10-23(11-9-22)12-13-24-14-15-26-19-27(17-16-25(26)18-24)28-20-29(32)31(34)30(33)21-28/h20-27H,2-19H2,1H3. The van der Waals surface area contributed by atoms with Gasteiger partial charge in [0.2, 0.25) is 0 Å². The highest BCUT2D eigenvalue weighted by molar-refractivity contribution is 5.24. The number of hydrogen-bond donors (Lipinski definition) is 0. The van der Waals surface area contributed by atoms with Gasteiger partial charge in [0.15, 0.2) is 17.5 Å². The Hall–Kier alpha value is -0.990. The molecule has 0 radical (unpaired) electrons. The van der Waals surface area contributed by atoms with Gasteiger partial charge in [-0.25, -0.2) is 13.2 Å². The lowest BCUT2D eigenvalue weighted by Crippen LogP contribution is -2.30. The minimum absolute atomic E-state index is 0.184. The molecule has 0 bridgehead atoms. The summed E-state index contributed by atoms with van der Waals surface area (Å²) >= 11 is 0. The maximum absolute atomic E-state index is 13.7. The molecule has 0 saturated heterocycles. The molecule has 3 heteroatoms. The van der Waals surface area contributed by atoms with Crippen LogP contribution in [0.25, 0.3) is 0 Å². The van der Waals surface area contributed by atoms with E-state index in [9.17, 15) is 13.2 Å². The predicted molar refractivity (Wildman–Crippen MR) is 135 cm³/mol. The third kappa shape index (κ3) is 7.03. The smallest absolute Gasteiger partial charge is 0.194 e. The first-order valence-electron chi connectivity index (χ1n) is 14.7. The average molecular weight is 477 g/mol. The Bertz CT molecular complexity index is 728. The van der Waals surface area contributed by atoms with Crippen molar-refractivity contribution in [1.82, 2.24) is 0 Å². The third-order valence-electron chi connectivity index (χ3n) is 9.86. The summed E-state index contributed by atoms with van der Waals surface area (Å²) in [7, 11) is 0. The molecular weight excluding hydrogens is 429 g/mol. The van der Waals surface area contributed by atoms with Gasteiger partial charge in [-0.1, -0.05) is 90.4 Å². The first-order valence-corrected chi connectivity index (χ1v) is 14.7. The van der Waals surface area contributed by atoms with Crippen molar-refractivity contribution in [2.24, 2.45) is 29.6 Å². The van der Waals surface area contributed by atoms with Gasteiger partial charge in [-0.15, -0.1) is 0 Å². The molecule has 0 amide bonds. The van der Waals surface area contributed by atoms with Crippen LogP contribution in [0.4, 0.5) is 13.2 Å². The van der Waals surface area contributed by atoms with Gasteiger partial charge in [-0.2, -0.15) is 0 Å². The topological polar surface area (TPSA) is 0 Å². The second kappa shape index (κ2) is 12.8. The van der Waals surface area contributed by atoms with Gasteiger partial charge < -0.3 is 0 Å². The van der Waals surface area contributed by atoms with E-state index in [1.165, 1.54) is 108 Å².